The topological polar surface area (TPSA) is 32.3 Å². The van der Waals surface area contributed by atoms with Crippen LogP contribution in [-0.4, -0.2) is 37.0 Å². The number of hydrogen-bond donors (Lipinski definition) is 1. The van der Waals surface area contributed by atoms with E-state index in [1.807, 2.05) is 17.0 Å². The lowest BCUT2D eigenvalue weighted by Crippen LogP contribution is -2.46. The van der Waals surface area contributed by atoms with Crippen molar-refractivity contribution in [1.82, 2.24) is 10.2 Å². The summed E-state index contributed by atoms with van der Waals surface area (Å²) >= 11 is 0. The lowest BCUT2D eigenvalue weighted by molar-refractivity contribution is -0.120. The SMILES string of the molecule is O=CN1CCC(CNC2CC2)(Cc2ccc(F)cc2)CC1. The average molecular weight is 290 g/mol. The van der Waals surface area contributed by atoms with Gasteiger partial charge in [0.1, 0.15) is 5.82 Å². The number of carbonyl (C=O) groups is 1. The van der Waals surface area contributed by atoms with Gasteiger partial charge in [-0.05, 0) is 55.2 Å². The summed E-state index contributed by atoms with van der Waals surface area (Å²) in [7, 11) is 0. The van der Waals surface area contributed by atoms with Gasteiger partial charge in [0.25, 0.3) is 0 Å². The Labute approximate surface area is 125 Å². The van der Waals surface area contributed by atoms with Crippen LogP contribution in [0.3, 0.4) is 0 Å². The third-order valence-corrected chi connectivity index (χ3v) is 4.84. The van der Waals surface area contributed by atoms with Crippen LogP contribution in [0.25, 0.3) is 0 Å². The van der Waals surface area contributed by atoms with Crippen molar-refractivity contribution in [3.63, 3.8) is 0 Å². The molecule has 3 nitrogen and oxygen atoms in total. The molecule has 1 aliphatic carbocycles. The quantitative estimate of drug-likeness (QED) is 0.816. The molecule has 1 amide bonds. The monoisotopic (exact) mass is 290 g/mol. The number of piperidine rings is 1. The maximum Gasteiger partial charge on any atom is 0.209 e. The molecule has 0 radical (unpaired) electrons. The van der Waals surface area contributed by atoms with Crippen LogP contribution >= 0.6 is 0 Å². The van der Waals surface area contributed by atoms with Crippen LogP contribution in [0, 0.1) is 11.2 Å². The number of carbonyl (C=O) groups excluding carboxylic acids is 1. The number of amides is 1. The Morgan fingerprint density at radius 1 is 1.24 bits per heavy atom. The highest BCUT2D eigenvalue weighted by atomic mass is 19.1. The van der Waals surface area contributed by atoms with E-state index in [0.29, 0.717) is 6.04 Å². The van der Waals surface area contributed by atoms with E-state index >= 15 is 0 Å². The number of likely N-dealkylation sites (tertiary alicyclic amines) is 1. The van der Waals surface area contributed by atoms with E-state index < -0.39 is 0 Å². The third-order valence-electron chi connectivity index (χ3n) is 4.84. The van der Waals surface area contributed by atoms with E-state index in [0.717, 1.165) is 45.3 Å². The van der Waals surface area contributed by atoms with Gasteiger partial charge in [-0.25, -0.2) is 4.39 Å². The van der Waals surface area contributed by atoms with Gasteiger partial charge < -0.3 is 10.2 Å². The molecule has 1 heterocycles. The zero-order chi connectivity index (χ0) is 14.7. The minimum Gasteiger partial charge on any atom is -0.345 e. The van der Waals surface area contributed by atoms with E-state index in [2.05, 4.69) is 5.32 Å². The lowest BCUT2D eigenvalue weighted by atomic mass is 9.73. The number of halogens is 1. The molecular formula is C17H23FN2O. The van der Waals surface area contributed by atoms with Crippen LogP contribution in [0.4, 0.5) is 4.39 Å². The normalized spacial score (nSPS) is 21.3. The molecule has 1 aliphatic heterocycles. The van der Waals surface area contributed by atoms with Gasteiger partial charge in [0.2, 0.25) is 6.41 Å². The highest BCUT2D eigenvalue weighted by Gasteiger charge is 2.36. The van der Waals surface area contributed by atoms with Gasteiger partial charge in [-0.2, -0.15) is 0 Å². The summed E-state index contributed by atoms with van der Waals surface area (Å²) < 4.78 is 13.1. The van der Waals surface area contributed by atoms with Crippen molar-refractivity contribution in [2.24, 2.45) is 5.41 Å². The van der Waals surface area contributed by atoms with Crippen molar-refractivity contribution < 1.29 is 9.18 Å². The van der Waals surface area contributed by atoms with Gasteiger partial charge in [0.05, 0.1) is 0 Å². The first-order chi connectivity index (χ1) is 10.2. The Bertz CT molecular complexity index is 476. The molecule has 0 atom stereocenters. The fourth-order valence-electron chi connectivity index (χ4n) is 3.20. The summed E-state index contributed by atoms with van der Waals surface area (Å²) in [5.74, 6) is -0.181. The van der Waals surface area contributed by atoms with Crippen LogP contribution in [0.15, 0.2) is 24.3 Å². The Hall–Kier alpha value is -1.42. The lowest BCUT2D eigenvalue weighted by Gasteiger charge is -2.41. The van der Waals surface area contributed by atoms with Crippen LogP contribution < -0.4 is 5.32 Å². The molecule has 114 valence electrons. The first kappa shape index (κ1) is 14.5. The fourth-order valence-corrected chi connectivity index (χ4v) is 3.20. The van der Waals surface area contributed by atoms with Crippen molar-refractivity contribution in [3.8, 4) is 0 Å². The van der Waals surface area contributed by atoms with E-state index in [1.54, 1.807) is 0 Å². The zero-order valence-electron chi connectivity index (χ0n) is 12.4. The van der Waals surface area contributed by atoms with Crippen molar-refractivity contribution in [3.05, 3.63) is 35.6 Å². The standard InChI is InChI=1S/C17H23FN2O/c18-15-3-1-14(2-4-15)11-17(12-19-16-5-6-16)7-9-20(13-21)10-8-17/h1-4,13,16,19H,5-12H2. The summed E-state index contributed by atoms with van der Waals surface area (Å²) in [6.45, 7) is 2.66. The molecule has 0 aromatic heterocycles. The van der Waals surface area contributed by atoms with E-state index in [1.165, 1.54) is 30.5 Å². The molecular weight excluding hydrogens is 267 g/mol. The molecule has 2 fully saturated rings. The molecule has 0 unspecified atom stereocenters. The van der Waals surface area contributed by atoms with Gasteiger partial charge in [-0.15, -0.1) is 0 Å². The van der Waals surface area contributed by atoms with Gasteiger partial charge in [-0.3, -0.25) is 4.79 Å². The third kappa shape index (κ3) is 3.82. The second-order valence-electron chi connectivity index (χ2n) is 6.60. The molecule has 3 rings (SSSR count). The van der Waals surface area contributed by atoms with Crippen molar-refractivity contribution >= 4 is 6.41 Å². The number of hydrogen-bond acceptors (Lipinski definition) is 2. The van der Waals surface area contributed by atoms with Gasteiger partial charge >= 0.3 is 0 Å². The fraction of sp³-hybridized carbons (Fsp3) is 0.588. The molecule has 1 saturated heterocycles. The summed E-state index contributed by atoms with van der Waals surface area (Å²) in [4.78, 5) is 12.8. The van der Waals surface area contributed by atoms with E-state index in [-0.39, 0.29) is 11.2 Å². The number of nitrogens with zero attached hydrogens (tertiary/aromatic N) is 1. The summed E-state index contributed by atoms with van der Waals surface area (Å²) in [6, 6.07) is 7.55. The Morgan fingerprint density at radius 3 is 2.48 bits per heavy atom. The second-order valence-corrected chi connectivity index (χ2v) is 6.60. The minimum atomic E-state index is -0.181. The highest BCUT2D eigenvalue weighted by Crippen LogP contribution is 2.35. The molecule has 1 N–H and O–H groups in total. The number of benzene rings is 1. The molecule has 4 heteroatoms. The number of rotatable bonds is 6. The molecule has 2 aliphatic rings. The van der Waals surface area contributed by atoms with Crippen LogP contribution in [-0.2, 0) is 11.2 Å². The Balaban J connectivity index is 1.68. The minimum absolute atomic E-state index is 0.181. The molecule has 0 bridgehead atoms. The maximum absolute atomic E-state index is 13.1. The largest absolute Gasteiger partial charge is 0.345 e. The Morgan fingerprint density at radius 2 is 1.90 bits per heavy atom. The molecule has 1 saturated carbocycles. The van der Waals surface area contributed by atoms with Crippen LogP contribution in [0.2, 0.25) is 0 Å². The van der Waals surface area contributed by atoms with Crippen molar-refractivity contribution in [2.45, 2.75) is 38.1 Å². The highest BCUT2D eigenvalue weighted by molar-refractivity contribution is 5.47. The molecule has 0 spiro atoms. The molecule has 1 aromatic carbocycles. The summed E-state index contributed by atoms with van der Waals surface area (Å²) in [5, 5.41) is 3.65. The summed E-state index contributed by atoms with van der Waals surface area (Å²) in [6.07, 6.45) is 6.52. The maximum atomic E-state index is 13.1. The van der Waals surface area contributed by atoms with Gasteiger partial charge in [0, 0.05) is 25.7 Å². The van der Waals surface area contributed by atoms with Gasteiger partial charge in [-0.1, -0.05) is 12.1 Å². The Kier molecular flexibility index (Phi) is 4.24. The van der Waals surface area contributed by atoms with Gasteiger partial charge in [0.15, 0.2) is 0 Å². The molecule has 21 heavy (non-hydrogen) atoms. The second kappa shape index (κ2) is 6.14. The van der Waals surface area contributed by atoms with Crippen molar-refractivity contribution in [2.75, 3.05) is 19.6 Å². The summed E-state index contributed by atoms with van der Waals surface area (Å²) in [5.41, 5.74) is 1.38. The zero-order valence-corrected chi connectivity index (χ0v) is 12.4. The van der Waals surface area contributed by atoms with E-state index in [9.17, 15) is 9.18 Å². The first-order valence-corrected chi connectivity index (χ1v) is 7.86. The van der Waals surface area contributed by atoms with Crippen LogP contribution in [0.5, 0.6) is 0 Å². The van der Waals surface area contributed by atoms with Crippen molar-refractivity contribution in [1.29, 1.82) is 0 Å². The molecule has 1 aromatic rings. The first-order valence-electron chi connectivity index (χ1n) is 7.86. The smallest absolute Gasteiger partial charge is 0.209 e. The van der Waals surface area contributed by atoms with E-state index in [4.69, 9.17) is 0 Å². The number of nitrogens with one attached hydrogen (secondary N) is 1. The average Bonchev–Trinajstić information content (AvgIpc) is 3.33. The predicted molar refractivity (Wildman–Crippen MR) is 80.4 cm³/mol. The van der Waals surface area contributed by atoms with Crippen LogP contribution in [0.1, 0.15) is 31.2 Å². The predicted octanol–water partition coefficient (Wildman–Crippen LogP) is 2.36.